The number of rotatable bonds is 5. The van der Waals surface area contributed by atoms with Crippen LogP contribution in [0, 0.1) is 5.92 Å². The van der Waals surface area contributed by atoms with E-state index >= 15 is 0 Å². The van der Waals surface area contributed by atoms with Crippen molar-refractivity contribution < 1.29 is 14.4 Å². The van der Waals surface area contributed by atoms with Gasteiger partial charge in [-0.2, -0.15) is 11.3 Å². The van der Waals surface area contributed by atoms with E-state index in [2.05, 4.69) is 5.32 Å². The Balaban J connectivity index is 1.63. The minimum Gasteiger partial charge on any atom is -0.340 e. The first-order valence-corrected chi connectivity index (χ1v) is 8.25. The number of urea groups is 1. The lowest BCUT2D eigenvalue weighted by Crippen LogP contribution is -2.47. The second kappa shape index (κ2) is 5.39. The van der Waals surface area contributed by atoms with E-state index in [1.807, 2.05) is 16.8 Å². The van der Waals surface area contributed by atoms with E-state index in [4.69, 9.17) is 0 Å². The molecule has 1 aromatic rings. The second-order valence-corrected chi connectivity index (χ2v) is 6.96. The molecule has 2 heterocycles. The number of imide groups is 1. The Bertz CT molecular complexity index is 612. The molecular formula is C15H19N3O3S. The van der Waals surface area contributed by atoms with E-state index in [9.17, 15) is 14.4 Å². The molecule has 1 N–H and O–H groups in total. The number of carbonyl (C=O) groups excluding carboxylic acids is 3. The fraction of sp³-hybridized carbons (Fsp3) is 0.533. The van der Waals surface area contributed by atoms with Gasteiger partial charge in [-0.25, -0.2) is 4.79 Å². The van der Waals surface area contributed by atoms with Gasteiger partial charge in [0.05, 0.1) is 0 Å². The van der Waals surface area contributed by atoms with Gasteiger partial charge in [0.25, 0.3) is 5.91 Å². The van der Waals surface area contributed by atoms with Crippen molar-refractivity contribution in [1.82, 2.24) is 15.1 Å². The van der Waals surface area contributed by atoms with Crippen molar-refractivity contribution >= 4 is 29.2 Å². The lowest BCUT2D eigenvalue weighted by molar-refractivity contribution is -0.138. The molecule has 1 saturated carbocycles. The summed E-state index contributed by atoms with van der Waals surface area (Å²) in [5.74, 6) is -0.320. The lowest BCUT2D eigenvalue weighted by atomic mass is 9.96. The summed E-state index contributed by atoms with van der Waals surface area (Å²) in [6.45, 7) is 2.03. The van der Waals surface area contributed by atoms with Gasteiger partial charge in [-0.15, -0.1) is 0 Å². The quantitative estimate of drug-likeness (QED) is 0.834. The minimum atomic E-state index is -0.830. The van der Waals surface area contributed by atoms with E-state index in [1.165, 1.54) is 4.90 Å². The SMILES string of the molecule is CN(Cc1ccsc1)C(=O)CN1C(=O)NC(C)(C2CC2)C1=O. The van der Waals surface area contributed by atoms with Crippen molar-refractivity contribution in [2.45, 2.75) is 31.8 Å². The standard InChI is InChI=1S/C15H19N3O3S/c1-15(11-3-4-11)13(20)18(14(21)16-15)8-12(19)17(2)7-10-5-6-22-9-10/h5-6,9,11H,3-4,7-8H2,1-2H3,(H,16,21). The molecule has 1 aliphatic heterocycles. The molecule has 4 amide bonds. The summed E-state index contributed by atoms with van der Waals surface area (Å²) in [5.41, 5.74) is 0.212. The zero-order valence-electron chi connectivity index (χ0n) is 12.7. The molecule has 6 nitrogen and oxygen atoms in total. The minimum absolute atomic E-state index is 0.201. The first-order chi connectivity index (χ1) is 10.4. The third-order valence-electron chi connectivity index (χ3n) is 4.41. The molecule has 0 aromatic carbocycles. The maximum Gasteiger partial charge on any atom is 0.325 e. The molecular weight excluding hydrogens is 302 g/mol. The number of hydrogen-bond donors (Lipinski definition) is 1. The van der Waals surface area contributed by atoms with Crippen LogP contribution in [0.4, 0.5) is 4.79 Å². The van der Waals surface area contributed by atoms with Crippen LogP contribution in [-0.4, -0.2) is 46.8 Å². The fourth-order valence-corrected chi connectivity index (χ4v) is 3.46. The molecule has 0 spiro atoms. The maximum atomic E-state index is 12.5. The smallest absolute Gasteiger partial charge is 0.325 e. The molecule has 22 heavy (non-hydrogen) atoms. The van der Waals surface area contributed by atoms with Gasteiger partial charge in [-0.3, -0.25) is 14.5 Å². The van der Waals surface area contributed by atoms with Crippen molar-refractivity contribution in [2.24, 2.45) is 5.92 Å². The zero-order valence-corrected chi connectivity index (χ0v) is 13.5. The van der Waals surface area contributed by atoms with E-state index in [0.29, 0.717) is 6.54 Å². The summed E-state index contributed by atoms with van der Waals surface area (Å²) >= 11 is 1.57. The molecule has 1 atom stereocenters. The fourth-order valence-electron chi connectivity index (χ4n) is 2.80. The molecule has 7 heteroatoms. The average Bonchev–Trinajstić information content (AvgIpc) is 3.18. The van der Waals surface area contributed by atoms with Gasteiger partial charge in [0.15, 0.2) is 0 Å². The topological polar surface area (TPSA) is 69.7 Å². The van der Waals surface area contributed by atoms with Crippen LogP contribution in [-0.2, 0) is 16.1 Å². The Labute approximate surface area is 133 Å². The number of nitrogens with zero attached hydrogens (tertiary/aromatic N) is 2. The number of carbonyl (C=O) groups is 3. The Hall–Kier alpha value is -1.89. The molecule has 1 unspecified atom stereocenters. The predicted octanol–water partition coefficient (Wildman–Crippen LogP) is 1.43. The van der Waals surface area contributed by atoms with Crippen molar-refractivity contribution in [3.63, 3.8) is 0 Å². The summed E-state index contributed by atoms with van der Waals surface area (Å²) in [6.07, 6.45) is 1.89. The summed E-state index contributed by atoms with van der Waals surface area (Å²) < 4.78 is 0. The van der Waals surface area contributed by atoms with E-state index in [0.717, 1.165) is 23.3 Å². The Morgan fingerprint density at radius 3 is 2.82 bits per heavy atom. The normalized spacial score (nSPS) is 24.5. The summed E-state index contributed by atoms with van der Waals surface area (Å²) in [4.78, 5) is 39.4. The molecule has 2 fully saturated rings. The van der Waals surface area contributed by atoms with Crippen molar-refractivity contribution in [2.75, 3.05) is 13.6 Å². The number of hydrogen-bond acceptors (Lipinski definition) is 4. The third-order valence-corrected chi connectivity index (χ3v) is 5.15. The van der Waals surface area contributed by atoms with Crippen LogP contribution in [0.15, 0.2) is 16.8 Å². The van der Waals surface area contributed by atoms with E-state index in [-0.39, 0.29) is 24.3 Å². The van der Waals surface area contributed by atoms with Crippen LogP contribution in [0.2, 0.25) is 0 Å². The molecule has 1 aliphatic carbocycles. The van der Waals surface area contributed by atoms with Gasteiger partial charge in [-0.05, 0) is 48.1 Å². The monoisotopic (exact) mass is 321 g/mol. The number of amides is 4. The van der Waals surface area contributed by atoms with E-state index < -0.39 is 11.6 Å². The van der Waals surface area contributed by atoms with Gasteiger partial charge in [-0.1, -0.05) is 0 Å². The molecule has 2 aliphatic rings. The number of nitrogens with one attached hydrogen (secondary N) is 1. The Morgan fingerprint density at radius 2 is 2.23 bits per heavy atom. The molecule has 0 bridgehead atoms. The van der Waals surface area contributed by atoms with Crippen LogP contribution in [0.1, 0.15) is 25.3 Å². The van der Waals surface area contributed by atoms with Crippen molar-refractivity contribution in [3.05, 3.63) is 22.4 Å². The van der Waals surface area contributed by atoms with Gasteiger partial charge in [0, 0.05) is 13.6 Å². The second-order valence-electron chi connectivity index (χ2n) is 6.18. The summed E-state index contributed by atoms with van der Waals surface area (Å²) in [6, 6.07) is 1.49. The lowest BCUT2D eigenvalue weighted by Gasteiger charge is -2.22. The summed E-state index contributed by atoms with van der Waals surface area (Å²) in [7, 11) is 1.68. The van der Waals surface area contributed by atoms with Crippen LogP contribution in [0.25, 0.3) is 0 Å². The van der Waals surface area contributed by atoms with Gasteiger partial charge in [0.2, 0.25) is 5.91 Å². The number of thiophene rings is 1. The Morgan fingerprint density at radius 1 is 1.50 bits per heavy atom. The largest absolute Gasteiger partial charge is 0.340 e. The maximum absolute atomic E-state index is 12.5. The average molecular weight is 321 g/mol. The summed E-state index contributed by atoms with van der Waals surface area (Å²) in [5, 5.41) is 6.67. The first kappa shape index (κ1) is 15.0. The predicted molar refractivity (Wildman–Crippen MR) is 82.2 cm³/mol. The highest BCUT2D eigenvalue weighted by Crippen LogP contribution is 2.42. The van der Waals surface area contributed by atoms with Crippen LogP contribution >= 0.6 is 11.3 Å². The van der Waals surface area contributed by atoms with Crippen LogP contribution < -0.4 is 5.32 Å². The van der Waals surface area contributed by atoms with Gasteiger partial charge >= 0.3 is 6.03 Å². The zero-order chi connectivity index (χ0) is 15.9. The highest BCUT2D eigenvalue weighted by Gasteiger charge is 2.56. The van der Waals surface area contributed by atoms with Gasteiger partial charge in [0.1, 0.15) is 12.1 Å². The van der Waals surface area contributed by atoms with E-state index in [1.54, 1.807) is 25.3 Å². The van der Waals surface area contributed by atoms with Crippen LogP contribution in [0.3, 0.4) is 0 Å². The molecule has 1 saturated heterocycles. The van der Waals surface area contributed by atoms with Crippen molar-refractivity contribution in [3.8, 4) is 0 Å². The first-order valence-electron chi connectivity index (χ1n) is 7.31. The van der Waals surface area contributed by atoms with Crippen LogP contribution in [0.5, 0.6) is 0 Å². The highest BCUT2D eigenvalue weighted by molar-refractivity contribution is 7.07. The molecule has 118 valence electrons. The highest BCUT2D eigenvalue weighted by atomic mass is 32.1. The third kappa shape index (κ3) is 2.61. The number of likely N-dealkylation sites (N-methyl/N-ethyl adjacent to an activating group) is 1. The molecule has 1 aromatic heterocycles. The molecule has 0 radical (unpaired) electrons. The van der Waals surface area contributed by atoms with Gasteiger partial charge < -0.3 is 10.2 Å². The Kier molecular flexibility index (Phi) is 3.68. The van der Waals surface area contributed by atoms with Crippen molar-refractivity contribution in [1.29, 1.82) is 0 Å². The molecule has 3 rings (SSSR count).